The van der Waals surface area contributed by atoms with E-state index in [2.05, 4.69) is 71.6 Å². The second-order valence-electron chi connectivity index (χ2n) is 24.9. The van der Waals surface area contributed by atoms with E-state index in [1.165, 1.54) is 0 Å². The predicted octanol–water partition coefficient (Wildman–Crippen LogP) is 4.37. The van der Waals surface area contributed by atoms with Crippen LogP contribution in [0.25, 0.3) is 0 Å². The number of nitrogens with zero attached hydrogens (tertiary/aromatic N) is 1. The van der Waals surface area contributed by atoms with E-state index in [1.807, 2.05) is 77.9 Å². The number of anilines is 1. The SMILES string of the molecule is C[C@H](CCCOP(=O)(O)NC(CCC(=O)O)C(=O)O)NC(=O)CC[C@H](NC(=O)CCCCCNC(=O)CCC(NC(=O)CCOCCOCCOCCOCCNC(=O)CCC(=O)N1Cc2ccccc2C#Cc2ccccc21)C(=O)NC(CCCCNC(=O)CCCc1ccc(I)cc1)C(=O)O)C(=O)O. The molecule has 1 aliphatic rings. The van der Waals surface area contributed by atoms with E-state index in [-0.39, 0.29) is 161 Å². The number of ether oxygens (including phenoxy) is 4. The third-order valence-corrected chi connectivity index (χ3v) is 18.2. The van der Waals surface area contributed by atoms with Crippen LogP contribution in [-0.4, -0.2) is 206 Å². The largest absolute Gasteiger partial charge is 0.481 e. The van der Waals surface area contributed by atoms with Crippen LogP contribution in [0.3, 0.4) is 0 Å². The molecule has 34 heteroatoms. The van der Waals surface area contributed by atoms with E-state index < -0.39 is 104 Å². The summed E-state index contributed by atoms with van der Waals surface area (Å²) in [6, 6.07) is 16.9. The molecule has 0 fully saturated rings. The molecule has 8 amide bonds. The number of rotatable bonds is 57. The van der Waals surface area contributed by atoms with Gasteiger partial charge < -0.3 is 86.4 Å². The standard InChI is InChI=1S/C72H101IN9O23P/c1-50(13-12-40-105-106(99,100)81-59(72(97)98)30-35-68(90)91)77-65(87)32-29-58(71(95)96)79-64(86)20-3-2-9-37-75-62(84)31-28-56(69(92)80-57(70(93)94)18-8-10-38-74-61(83)21-11-14-51-22-26-55(73)27-23-51)78-66(88)36-41-101-43-45-103-47-48-104-46-44-102-42-39-76-63(85)33-34-67(89)82-49-54-17-5-4-15-52(54)24-25-53-16-6-7-19-60(53)82/h4-7,15-17,19,22-23,26-27,50,56-59H,2-3,8-14,18,20-21,28-49H2,1H3,(H,74,83)(H,75,84)(H,76,85)(H,77,87)(H,78,88)(H,79,86)(H,80,92)(H,90,91)(H,93,94)(H,95,96)(H,97,98)(H2,81,99,100)/t50-,56?,57?,58+,59?/m1/s1. The highest BCUT2D eigenvalue weighted by atomic mass is 127. The van der Waals surface area contributed by atoms with Crippen molar-refractivity contribution in [2.24, 2.45) is 0 Å². The molecule has 3 aromatic rings. The van der Waals surface area contributed by atoms with Crippen molar-refractivity contribution >= 4 is 107 Å². The van der Waals surface area contributed by atoms with Gasteiger partial charge in [-0.3, -0.25) is 52.5 Å². The van der Waals surface area contributed by atoms with Gasteiger partial charge in [-0.05, 0) is 148 Å². The highest BCUT2D eigenvalue weighted by Crippen LogP contribution is 2.38. The molecule has 1 aliphatic heterocycles. The van der Waals surface area contributed by atoms with E-state index in [1.54, 1.807) is 11.8 Å². The van der Waals surface area contributed by atoms with Crippen LogP contribution < -0.4 is 47.2 Å². The summed E-state index contributed by atoms with van der Waals surface area (Å²) in [4.78, 5) is 162. The van der Waals surface area contributed by atoms with Crippen LogP contribution in [0.5, 0.6) is 0 Å². The summed E-state index contributed by atoms with van der Waals surface area (Å²) in [5.41, 5.74) is 4.31. The summed E-state index contributed by atoms with van der Waals surface area (Å²) >= 11 is 2.22. The average molecular weight is 1620 g/mol. The Bertz CT molecular complexity index is 3450. The van der Waals surface area contributed by atoms with Crippen LogP contribution in [0, 0.1) is 15.4 Å². The van der Waals surface area contributed by atoms with E-state index in [4.69, 9.17) is 28.6 Å². The Morgan fingerprint density at radius 3 is 1.66 bits per heavy atom. The van der Waals surface area contributed by atoms with Gasteiger partial charge in [-0.25, -0.2) is 19.2 Å². The lowest BCUT2D eigenvalue weighted by Crippen LogP contribution is -2.52. The van der Waals surface area contributed by atoms with Crippen molar-refractivity contribution in [1.82, 2.24) is 42.3 Å². The van der Waals surface area contributed by atoms with Gasteiger partial charge in [0.15, 0.2) is 0 Å². The van der Waals surface area contributed by atoms with Gasteiger partial charge in [-0.15, -0.1) is 0 Å². The maximum absolute atomic E-state index is 13.7. The van der Waals surface area contributed by atoms with Gasteiger partial charge in [0, 0.05) is 91.7 Å². The number of aliphatic carboxylic acids is 4. The fourth-order valence-electron chi connectivity index (χ4n) is 10.5. The van der Waals surface area contributed by atoms with Gasteiger partial charge >= 0.3 is 31.6 Å². The number of benzene rings is 3. The Morgan fingerprint density at radius 1 is 0.472 bits per heavy atom. The van der Waals surface area contributed by atoms with Crippen LogP contribution in [0.2, 0.25) is 0 Å². The molecule has 584 valence electrons. The van der Waals surface area contributed by atoms with Crippen molar-refractivity contribution in [1.29, 1.82) is 0 Å². The molecule has 0 aromatic heterocycles. The van der Waals surface area contributed by atoms with Crippen LogP contribution in [-0.2, 0) is 98.5 Å². The average Bonchev–Trinajstić information content (AvgIpc) is 0.803. The first-order chi connectivity index (χ1) is 50.8. The molecule has 3 aromatic carbocycles. The van der Waals surface area contributed by atoms with Crippen LogP contribution in [0.1, 0.15) is 158 Å². The first-order valence-electron chi connectivity index (χ1n) is 35.5. The minimum Gasteiger partial charge on any atom is -0.481 e. The highest BCUT2D eigenvalue weighted by Gasteiger charge is 2.31. The zero-order valence-electron chi connectivity index (χ0n) is 59.7. The molecule has 0 radical (unpaired) electrons. The zero-order valence-corrected chi connectivity index (χ0v) is 62.8. The van der Waals surface area contributed by atoms with Crippen LogP contribution in [0.4, 0.5) is 5.69 Å². The monoisotopic (exact) mass is 1620 g/mol. The molecule has 0 spiro atoms. The number of amides is 8. The number of halogens is 1. The van der Waals surface area contributed by atoms with Crippen molar-refractivity contribution < 1.29 is 111 Å². The zero-order chi connectivity index (χ0) is 77.5. The Morgan fingerprint density at radius 2 is 0.991 bits per heavy atom. The van der Waals surface area contributed by atoms with Crippen molar-refractivity contribution in [2.45, 2.75) is 179 Å². The van der Waals surface area contributed by atoms with Gasteiger partial charge in [0.1, 0.15) is 24.2 Å². The molecular formula is C72H101IN9O23P. The number of fused-ring (bicyclic) bond motifs is 2. The maximum atomic E-state index is 13.7. The number of para-hydroxylation sites is 1. The predicted molar refractivity (Wildman–Crippen MR) is 394 cm³/mol. The minimum absolute atomic E-state index is 0.00376. The topological polar surface area (TPSA) is 469 Å². The molecule has 1 heterocycles. The summed E-state index contributed by atoms with van der Waals surface area (Å²) in [6.07, 6.45) is 1.70. The van der Waals surface area contributed by atoms with E-state index in [0.29, 0.717) is 63.7 Å². The minimum atomic E-state index is -4.62. The smallest absolute Gasteiger partial charge is 0.403 e. The normalized spacial score (nSPS) is 13.5. The van der Waals surface area contributed by atoms with Gasteiger partial charge in [-0.1, -0.05) is 60.7 Å². The molecule has 6 atom stereocenters. The van der Waals surface area contributed by atoms with Crippen molar-refractivity contribution in [3.63, 3.8) is 0 Å². The van der Waals surface area contributed by atoms with E-state index in [0.717, 1.165) is 32.2 Å². The van der Waals surface area contributed by atoms with Gasteiger partial charge in [-0.2, -0.15) is 0 Å². The molecule has 32 nitrogen and oxygen atoms in total. The number of carbonyl (C=O) groups is 12. The van der Waals surface area contributed by atoms with Gasteiger partial charge in [0.25, 0.3) is 0 Å². The summed E-state index contributed by atoms with van der Waals surface area (Å²) in [6.45, 7) is 3.78. The number of hydrogen-bond donors (Lipinski definition) is 13. The number of carboxylic acids is 4. The fourth-order valence-corrected chi connectivity index (χ4v) is 12.0. The third kappa shape index (κ3) is 39.8. The van der Waals surface area contributed by atoms with E-state index in [9.17, 15) is 82.3 Å². The first-order valence-corrected chi connectivity index (χ1v) is 38.1. The van der Waals surface area contributed by atoms with Crippen LogP contribution in [0.15, 0.2) is 72.8 Å². The number of nitrogens with one attached hydrogen (secondary N) is 8. The molecule has 0 saturated carbocycles. The van der Waals surface area contributed by atoms with Gasteiger partial charge in [0.2, 0.25) is 47.3 Å². The second-order valence-corrected chi connectivity index (χ2v) is 27.7. The molecule has 4 unspecified atom stereocenters. The number of hydrogen-bond acceptors (Lipinski definition) is 18. The Balaban J connectivity index is 1.11. The quantitative estimate of drug-likeness (QED) is 0.0161. The maximum Gasteiger partial charge on any atom is 0.403 e. The summed E-state index contributed by atoms with van der Waals surface area (Å²) < 4.78 is 40.5. The molecule has 4 rings (SSSR count). The van der Waals surface area contributed by atoms with E-state index >= 15 is 0 Å². The highest BCUT2D eigenvalue weighted by molar-refractivity contribution is 14.1. The molecule has 0 bridgehead atoms. The van der Waals surface area contributed by atoms with Crippen LogP contribution >= 0.6 is 30.3 Å². The molecular weight excluding hydrogens is 1520 g/mol. The Kier molecular flexibility index (Phi) is 43.9. The molecule has 0 aliphatic carbocycles. The van der Waals surface area contributed by atoms with Crippen molar-refractivity contribution in [3.05, 3.63) is 98.6 Å². The van der Waals surface area contributed by atoms with Crippen molar-refractivity contribution in [2.75, 3.05) is 84.0 Å². The third-order valence-electron chi connectivity index (χ3n) is 16.3. The Labute approximate surface area is 630 Å². The summed E-state index contributed by atoms with van der Waals surface area (Å²) in [7, 11) is -4.62. The fraction of sp³-hybridized carbons (Fsp3) is 0.556. The number of carbonyl (C=O) groups excluding carboxylic acids is 8. The number of aryl methyl sites for hydroxylation is 1. The lowest BCUT2D eigenvalue weighted by atomic mass is 10.0. The summed E-state index contributed by atoms with van der Waals surface area (Å²) in [5.74, 6) is -2.85. The Hall–Kier alpha value is -8.46. The molecule has 0 saturated heterocycles. The lowest BCUT2D eigenvalue weighted by Gasteiger charge is -2.26. The first kappa shape index (κ1) is 89.9. The lowest BCUT2D eigenvalue weighted by molar-refractivity contribution is -0.143. The van der Waals surface area contributed by atoms with Gasteiger partial charge in [0.05, 0.1) is 71.7 Å². The summed E-state index contributed by atoms with van der Waals surface area (Å²) in [5, 5.41) is 58.2. The molecule has 106 heavy (non-hydrogen) atoms. The number of carboxylic acid groups (broad SMARTS) is 4. The molecule has 13 N–H and O–H groups in total. The van der Waals surface area contributed by atoms with Crippen molar-refractivity contribution in [3.8, 4) is 11.8 Å². The second kappa shape index (κ2) is 51.7. The number of unbranched alkanes of at least 4 members (excludes halogenated alkanes) is 3.